The number of phenols is 1. The minimum Gasteiger partial charge on any atom is -0.508 e. The van der Waals surface area contributed by atoms with Gasteiger partial charge in [0.1, 0.15) is 11.5 Å². The molecule has 0 unspecified atom stereocenters. The molecule has 0 heterocycles. The van der Waals surface area contributed by atoms with Gasteiger partial charge in [-0.05, 0) is 18.9 Å². The molecule has 0 bridgehead atoms. The van der Waals surface area contributed by atoms with Crippen LogP contribution in [0.5, 0.6) is 11.5 Å². The van der Waals surface area contributed by atoms with Crippen molar-refractivity contribution in [2.75, 3.05) is 13.7 Å². The Kier molecular flexibility index (Phi) is 2.78. The van der Waals surface area contributed by atoms with Gasteiger partial charge in [-0.1, -0.05) is 6.07 Å². The van der Waals surface area contributed by atoms with Gasteiger partial charge < -0.3 is 20.7 Å². The van der Waals surface area contributed by atoms with Gasteiger partial charge in [-0.3, -0.25) is 0 Å². The van der Waals surface area contributed by atoms with Gasteiger partial charge in [-0.15, -0.1) is 0 Å². The van der Waals surface area contributed by atoms with Crippen LogP contribution in [0, 0.1) is 0 Å². The van der Waals surface area contributed by atoms with E-state index >= 15 is 0 Å². The quantitative estimate of drug-likeness (QED) is 0.707. The van der Waals surface area contributed by atoms with Crippen molar-refractivity contribution in [2.24, 2.45) is 5.73 Å². The summed E-state index contributed by atoms with van der Waals surface area (Å²) in [5.74, 6) is 0.810. The average Bonchev–Trinajstić information content (AvgIpc) is 2.24. The standard InChI is InChI=1S/C12H17NO3/c1-16-9-2-3-10(11(15)4-9)12(7-13)5-8(14)6-12/h2-4,8,14-15H,5-7,13H2,1H3. The van der Waals surface area contributed by atoms with E-state index in [4.69, 9.17) is 10.5 Å². The lowest BCUT2D eigenvalue weighted by molar-refractivity contribution is 0.0211. The van der Waals surface area contributed by atoms with Crippen LogP contribution in [0.15, 0.2) is 18.2 Å². The SMILES string of the molecule is COc1ccc(C2(CN)CC(O)C2)c(O)c1. The number of aliphatic hydroxyl groups is 1. The Morgan fingerprint density at radius 2 is 2.19 bits per heavy atom. The van der Waals surface area contributed by atoms with Crippen molar-refractivity contribution in [1.82, 2.24) is 0 Å². The first-order valence-electron chi connectivity index (χ1n) is 5.37. The van der Waals surface area contributed by atoms with E-state index in [1.165, 1.54) is 0 Å². The van der Waals surface area contributed by atoms with Crippen LogP contribution in [-0.4, -0.2) is 30.0 Å². The average molecular weight is 223 g/mol. The molecule has 0 saturated heterocycles. The summed E-state index contributed by atoms with van der Waals surface area (Å²) in [5.41, 5.74) is 6.29. The van der Waals surface area contributed by atoms with E-state index in [0.717, 1.165) is 5.56 Å². The lowest BCUT2D eigenvalue weighted by Gasteiger charge is -2.45. The number of hydrogen-bond donors (Lipinski definition) is 3. The fourth-order valence-corrected chi connectivity index (χ4v) is 2.43. The van der Waals surface area contributed by atoms with Crippen molar-refractivity contribution in [2.45, 2.75) is 24.4 Å². The van der Waals surface area contributed by atoms with Gasteiger partial charge in [0.05, 0.1) is 13.2 Å². The molecule has 1 aliphatic rings. The number of rotatable bonds is 3. The minimum atomic E-state index is -0.301. The zero-order valence-electron chi connectivity index (χ0n) is 9.31. The first kappa shape index (κ1) is 11.2. The molecule has 2 rings (SSSR count). The van der Waals surface area contributed by atoms with Crippen LogP contribution in [0.4, 0.5) is 0 Å². The highest BCUT2D eigenvalue weighted by molar-refractivity contribution is 5.46. The Bertz CT molecular complexity index is 386. The van der Waals surface area contributed by atoms with Crippen molar-refractivity contribution in [1.29, 1.82) is 0 Å². The molecule has 1 saturated carbocycles. The molecule has 0 aromatic heterocycles. The van der Waals surface area contributed by atoms with E-state index in [-0.39, 0.29) is 17.3 Å². The molecular weight excluding hydrogens is 206 g/mol. The smallest absolute Gasteiger partial charge is 0.123 e. The maximum atomic E-state index is 9.92. The van der Waals surface area contributed by atoms with Crippen molar-refractivity contribution in [3.05, 3.63) is 23.8 Å². The summed E-state index contributed by atoms with van der Waals surface area (Å²) in [4.78, 5) is 0. The number of aliphatic hydroxyl groups excluding tert-OH is 1. The zero-order chi connectivity index (χ0) is 11.8. The number of methoxy groups -OCH3 is 1. The van der Waals surface area contributed by atoms with Crippen LogP contribution in [0.25, 0.3) is 0 Å². The summed E-state index contributed by atoms with van der Waals surface area (Å²) in [7, 11) is 1.56. The molecule has 4 N–H and O–H groups in total. The van der Waals surface area contributed by atoms with Crippen molar-refractivity contribution >= 4 is 0 Å². The lowest BCUT2D eigenvalue weighted by atomic mass is 9.62. The van der Waals surface area contributed by atoms with Gasteiger partial charge in [-0.2, -0.15) is 0 Å². The van der Waals surface area contributed by atoms with Crippen molar-refractivity contribution in [3.8, 4) is 11.5 Å². The van der Waals surface area contributed by atoms with Crippen LogP contribution < -0.4 is 10.5 Å². The van der Waals surface area contributed by atoms with Crippen molar-refractivity contribution < 1.29 is 14.9 Å². The molecular formula is C12H17NO3. The summed E-state index contributed by atoms with van der Waals surface area (Å²) >= 11 is 0. The molecule has 1 aromatic rings. The van der Waals surface area contributed by atoms with Gasteiger partial charge in [0, 0.05) is 23.6 Å². The molecule has 1 aromatic carbocycles. The van der Waals surface area contributed by atoms with Crippen molar-refractivity contribution in [3.63, 3.8) is 0 Å². The largest absolute Gasteiger partial charge is 0.508 e. The summed E-state index contributed by atoms with van der Waals surface area (Å²) in [5, 5.41) is 19.3. The third-order valence-corrected chi connectivity index (χ3v) is 3.42. The number of phenolic OH excluding ortho intramolecular Hbond substituents is 1. The molecule has 16 heavy (non-hydrogen) atoms. The zero-order valence-corrected chi connectivity index (χ0v) is 9.31. The highest BCUT2D eigenvalue weighted by Gasteiger charge is 2.45. The maximum absolute atomic E-state index is 9.92. The second-order valence-electron chi connectivity index (χ2n) is 4.43. The molecule has 1 aliphatic carbocycles. The summed E-state index contributed by atoms with van der Waals surface area (Å²) in [6, 6.07) is 5.21. The molecule has 88 valence electrons. The second-order valence-corrected chi connectivity index (χ2v) is 4.43. The fraction of sp³-hybridized carbons (Fsp3) is 0.500. The molecule has 1 fully saturated rings. The Hall–Kier alpha value is -1.26. The molecule has 0 aliphatic heterocycles. The molecule has 4 heteroatoms. The van der Waals surface area contributed by atoms with E-state index in [2.05, 4.69) is 0 Å². The highest BCUT2D eigenvalue weighted by Crippen LogP contribution is 2.46. The maximum Gasteiger partial charge on any atom is 0.123 e. The normalized spacial score (nSPS) is 28.6. The fourth-order valence-electron chi connectivity index (χ4n) is 2.43. The summed E-state index contributed by atoms with van der Waals surface area (Å²) in [6.07, 6.45) is 0.928. The van der Waals surface area contributed by atoms with Crippen LogP contribution in [0.1, 0.15) is 18.4 Å². The Morgan fingerprint density at radius 3 is 2.62 bits per heavy atom. The predicted octanol–water partition coefficient (Wildman–Crippen LogP) is 0.752. The molecule has 0 radical (unpaired) electrons. The first-order valence-corrected chi connectivity index (χ1v) is 5.37. The van der Waals surface area contributed by atoms with Crippen LogP contribution in [0.3, 0.4) is 0 Å². The van der Waals surface area contributed by atoms with Gasteiger partial charge >= 0.3 is 0 Å². The van der Waals surface area contributed by atoms with Gasteiger partial charge in [-0.25, -0.2) is 0 Å². The Morgan fingerprint density at radius 1 is 1.50 bits per heavy atom. The molecule has 0 atom stereocenters. The third-order valence-electron chi connectivity index (χ3n) is 3.42. The number of ether oxygens (including phenoxy) is 1. The van der Waals surface area contributed by atoms with E-state index < -0.39 is 0 Å². The first-order chi connectivity index (χ1) is 7.61. The van der Waals surface area contributed by atoms with E-state index in [1.54, 1.807) is 19.2 Å². The number of aromatic hydroxyl groups is 1. The van der Waals surface area contributed by atoms with Crippen LogP contribution in [0.2, 0.25) is 0 Å². The Balaban J connectivity index is 2.33. The van der Waals surface area contributed by atoms with E-state index in [1.807, 2.05) is 6.07 Å². The Labute approximate surface area is 94.7 Å². The topological polar surface area (TPSA) is 75.7 Å². The molecule has 4 nitrogen and oxygen atoms in total. The van der Waals surface area contributed by atoms with E-state index in [0.29, 0.717) is 25.1 Å². The predicted molar refractivity (Wildman–Crippen MR) is 60.6 cm³/mol. The second kappa shape index (κ2) is 3.96. The monoisotopic (exact) mass is 223 g/mol. The van der Waals surface area contributed by atoms with E-state index in [9.17, 15) is 10.2 Å². The van der Waals surface area contributed by atoms with Gasteiger partial charge in [0.25, 0.3) is 0 Å². The van der Waals surface area contributed by atoms with Gasteiger partial charge in [0.15, 0.2) is 0 Å². The number of nitrogens with two attached hydrogens (primary N) is 1. The summed E-state index contributed by atoms with van der Waals surface area (Å²) < 4.78 is 5.03. The van der Waals surface area contributed by atoms with Crippen LogP contribution in [-0.2, 0) is 5.41 Å². The third kappa shape index (κ3) is 1.64. The number of benzene rings is 1. The molecule has 0 amide bonds. The molecule has 0 spiro atoms. The van der Waals surface area contributed by atoms with Crippen LogP contribution >= 0.6 is 0 Å². The summed E-state index contributed by atoms with van der Waals surface area (Å²) in [6.45, 7) is 0.434. The lowest BCUT2D eigenvalue weighted by Crippen LogP contribution is -2.49. The van der Waals surface area contributed by atoms with Gasteiger partial charge in [0.2, 0.25) is 0 Å². The number of hydrogen-bond acceptors (Lipinski definition) is 4. The minimum absolute atomic E-state index is 0.191. The highest BCUT2D eigenvalue weighted by atomic mass is 16.5.